The standard InChI is InChI=1S/C59H115NO4/c1-3-5-7-9-11-13-15-17-19-21-23-25-27-28-29-31-32-34-36-38-40-42-44-46-48-50-52-56(62)54-59(64)60-57(55-61)58(63)53-51-49-47-45-43-41-39-37-35-33-30-26-24-22-20-18-16-14-12-10-8-6-4-2/h28-29,51,53,56-58,61-63H,3-27,30-50,52,54-55H2,1-2H3,(H,60,64)/b29-28-,53-51+. The smallest absolute Gasteiger partial charge is 0.222 e. The molecule has 0 aliphatic carbocycles. The number of hydrogen-bond donors (Lipinski definition) is 4. The fourth-order valence-electron chi connectivity index (χ4n) is 9.28. The predicted molar refractivity (Wildman–Crippen MR) is 282 cm³/mol. The van der Waals surface area contributed by atoms with E-state index in [1.807, 2.05) is 6.08 Å². The van der Waals surface area contributed by atoms with Gasteiger partial charge in [0, 0.05) is 0 Å². The summed E-state index contributed by atoms with van der Waals surface area (Å²) < 4.78 is 0. The third-order valence-electron chi connectivity index (χ3n) is 13.7. The summed E-state index contributed by atoms with van der Waals surface area (Å²) in [5.41, 5.74) is 0. The minimum absolute atomic E-state index is 0.0155. The second kappa shape index (κ2) is 54.4. The van der Waals surface area contributed by atoms with Gasteiger partial charge in [0.2, 0.25) is 5.91 Å². The van der Waals surface area contributed by atoms with Crippen LogP contribution in [0.1, 0.15) is 322 Å². The maximum atomic E-state index is 12.5. The lowest BCUT2D eigenvalue weighted by Crippen LogP contribution is -2.45. The number of carbonyl (C=O) groups excluding carboxylic acids is 1. The van der Waals surface area contributed by atoms with Gasteiger partial charge in [0.15, 0.2) is 0 Å². The van der Waals surface area contributed by atoms with Gasteiger partial charge in [-0.15, -0.1) is 0 Å². The zero-order valence-electron chi connectivity index (χ0n) is 43.4. The van der Waals surface area contributed by atoms with E-state index in [0.29, 0.717) is 6.42 Å². The third kappa shape index (κ3) is 50.2. The number of carbonyl (C=O) groups is 1. The van der Waals surface area contributed by atoms with Gasteiger partial charge >= 0.3 is 0 Å². The van der Waals surface area contributed by atoms with Crippen LogP contribution >= 0.6 is 0 Å². The van der Waals surface area contributed by atoms with Gasteiger partial charge in [-0.3, -0.25) is 4.79 Å². The molecule has 3 unspecified atom stereocenters. The molecule has 0 radical (unpaired) electrons. The van der Waals surface area contributed by atoms with Crippen LogP contribution in [0.15, 0.2) is 24.3 Å². The van der Waals surface area contributed by atoms with E-state index in [4.69, 9.17) is 0 Å². The van der Waals surface area contributed by atoms with Gasteiger partial charge in [-0.25, -0.2) is 0 Å². The molecule has 0 fully saturated rings. The number of rotatable bonds is 54. The first kappa shape index (κ1) is 62.8. The molecule has 0 heterocycles. The van der Waals surface area contributed by atoms with Crippen LogP contribution in [0, 0.1) is 0 Å². The summed E-state index contributed by atoms with van der Waals surface area (Å²) in [5, 5.41) is 33.5. The Kier molecular flexibility index (Phi) is 53.4. The largest absolute Gasteiger partial charge is 0.394 e. The molecule has 0 aromatic heterocycles. The van der Waals surface area contributed by atoms with Crippen LogP contribution in [0.5, 0.6) is 0 Å². The summed E-state index contributed by atoms with van der Waals surface area (Å²) in [6.07, 6.45) is 69.4. The fraction of sp³-hybridized carbons (Fsp3) is 0.915. The van der Waals surface area contributed by atoms with Crippen LogP contribution in [0.2, 0.25) is 0 Å². The van der Waals surface area contributed by atoms with Crippen molar-refractivity contribution in [3.8, 4) is 0 Å². The number of aliphatic hydroxyl groups excluding tert-OH is 3. The van der Waals surface area contributed by atoms with Gasteiger partial charge in [0.1, 0.15) is 0 Å². The molecule has 3 atom stereocenters. The maximum Gasteiger partial charge on any atom is 0.222 e. The lowest BCUT2D eigenvalue weighted by atomic mass is 10.0. The Morgan fingerprint density at radius 3 is 0.953 bits per heavy atom. The monoisotopic (exact) mass is 902 g/mol. The Morgan fingerprint density at radius 1 is 0.391 bits per heavy atom. The Balaban J connectivity index is 3.55. The molecular weight excluding hydrogens is 787 g/mol. The van der Waals surface area contributed by atoms with Crippen molar-refractivity contribution in [2.45, 2.75) is 340 Å². The summed E-state index contributed by atoms with van der Waals surface area (Å²) in [7, 11) is 0. The summed E-state index contributed by atoms with van der Waals surface area (Å²) in [6, 6.07) is -0.744. The van der Waals surface area contributed by atoms with E-state index in [9.17, 15) is 20.1 Å². The van der Waals surface area contributed by atoms with Crippen molar-refractivity contribution in [3.63, 3.8) is 0 Å². The van der Waals surface area contributed by atoms with E-state index in [-0.39, 0.29) is 18.9 Å². The molecule has 0 saturated carbocycles. The molecule has 64 heavy (non-hydrogen) atoms. The van der Waals surface area contributed by atoms with Gasteiger partial charge in [0.25, 0.3) is 0 Å². The summed E-state index contributed by atoms with van der Waals surface area (Å²) in [6.45, 7) is 4.25. The van der Waals surface area contributed by atoms with E-state index in [1.54, 1.807) is 6.08 Å². The molecule has 0 aromatic rings. The molecule has 1 amide bonds. The summed E-state index contributed by atoms with van der Waals surface area (Å²) >= 11 is 0. The zero-order chi connectivity index (χ0) is 46.5. The van der Waals surface area contributed by atoms with Gasteiger partial charge in [-0.1, -0.05) is 295 Å². The van der Waals surface area contributed by atoms with Crippen molar-refractivity contribution in [2.75, 3.05) is 6.61 Å². The predicted octanol–water partition coefficient (Wildman–Crippen LogP) is 18.1. The highest BCUT2D eigenvalue weighted by molar-refractivity contribution is 5.76. The van der Waals surface area contributed by atoms with Crippen LogP contribution in [0.3, 0.4) is 0 Å². The lowest BCUT2D eigenvalue weighted by molar-refractivity contribution is -0.124. The third-order valence-corrected chi connectivity index (χ3v) is 13.7. The van der Waals surface area contributed by atoms with Gasteiger partial charge in [-0.05, 0) is 44.9 Å². The number of unbranched alkanes of at least 4 members (excludes halogenated alkanes) is 43. The average Bonchev–Trinajstić information content (AvgIpc) is 3.29. The summed E-state index contributed by atoms with van der Waals surface area (Å²) in [5.74, 6) is -0.311. The quantitative estimate of drug-likeness (QED) is 0.0362. The number of hydrogen-bond acceptors (Lipinski definition) is 4. The minimum Gasteiger partial charge on any atom is -0.394 e. The minimum atomic E-state index is -0.929. The van der Waals surface area contributed by atoms with Crippen molar-refractivity contribution in [1.82, 2.24) is 5.32 Å². The van der Waals surface area contributed by atoms with Crippen molar-refractivity contribution in [2.24, 2.45) is 0 Å². The first-order valence-electron chi connectivity index (χ1n) is 29.1. The number of nitrogens with one attached hydrogen (secondary N) is 1. The number of allylic oxidation sites excluding steroid dienone is 3. The molecular formula is C59H115NO4. The summed E-state index contributed by atoms with van der Waals surface area (Å²) in [4.78, 5) is 12.5. The van der Waals surface area contributed by atoms with Crippen molar-refractivity contribution < 1.29 is 20.1 Å². The van der Waals surface area contributed by atoms with E-state index < -0.39 is 18.2 Å². The van der Waals surface area contributed by atoms with Crippen LogP contribution in [0.25, 0.3) is 0 Å². The Hall–Kier alpha value is -1.17. The molecule has 0 saturated heterocycles. The SMILES string of the molecule is CCCCCCCCCCCCCC/C=C\CCCCCCCCCCCCC(O)CC(=O)NC(CO)C(O)/C=C/CCCCCCCCCCCCCCCCCCCCCCC. The zero-order valence-corrected chi connectivity index (χ0v) is 43.4. The fourth-order valence-corrected chi connectivity index (χ4v) is 9.28. The molecule has 0 rings (SSSR count). The highest BCUT2D eigenvalue weighted by Crippen LogP contribution is 2.18. The first-order valence-corrected chi connectivity index (χ1v) is 29.1. The van der Waals surface area contributed by atoms with Crippen LogP contribution < -0.4 is 5.32 Å². The van der Waals surface area contributed by atoms with E-state index >= 15 is 0 Å². The lowest BCUT2D eigenvalue weighted by Gasteiger charge is -2.21. The molecule has 0 aromatic carbocycles. The van der Waals surface area contributed by atoms with Gasteiger partial charge < -0.3 is 20.6 Å². The first-order chi connectivity index (χ1) is 31.5. The van der Waals surface area contributed by atoms with Crippen LogP contribution in [0.4, 0.5) is 0 Å². The molecule has 5 nitrogen and oxygen atoms in total. The second-order valence-electron chi connectivity index (χ2n) is 20.3. The van der Waals surface area contributed by atoms with E-state index in [1.165, 1.54) is 270 Å². The van der Waals surface area contributed by atoms with E-state index in [2.05, 4.69) is 31.3 Å². The van der Waals surface area contributed by atoms with Gasteiger partial charge in [-0.2, -0.15) is 0 Å². The Bertz CT molecular complexity index is 951. The molecule has 0 bridgehead atoms. The van der Waals surface area contributed by atoms with Crippen LogP contribution in [-0.2, 0) is 4.79 Å². The van der Waals surface area contributed by atoms with Crippen molar-refractivity contribution in [1.29, 1.82) is 0 Å². The highest BCUT2D eigenvalue weighted by atomic mass is 16.3. The molecule has 4 N–H and O–H groups in total. The number of amides is 1. The molecule has 0 aliphatic rings. The molecule has 0 aliphatic heterocycles. The Labute approximate surface area is 401 Å². The average molecular weight is 903 g/mol. The van der Waals surface area contributed by atoms with E-state index in [0.717, 1.165) is 25.7 Å². The second-order valence-corrected chi connectivity index (χ2v) is 20.3. The molecule has 380 valence electrons. The van der Waals surface area contributed by atoms with Gasteiger partial charge in [0.05, 0.1) is 31.3 Å². The van der Waals surface area contributed by atoms with Crippen LogP contribution in [-0.4, -0.2) is 46.1 Å². The number of aliphatic hydroxyl groups is 3. The normalized spacial score (nSPS) is 13.4. The van der Waals surface area contributed by atoms with Crippen molar-refractivity contribution >= 4 is 5.91 Å². The maximum absolute atomic E-state index is 12.5. The Morgan fingerprint density at radius 2 is 0.656 bits per heavy atom. The van der Waals surface area contributed by atoms with Crippen molar-refractivity contribution in [3.05, 3.63) is 24.3 Å². The topological polar surface area (TPSA) is 89.8 Å². The molecule has 0 spiro atoms. The molecule has 5 heteroatoms. The highest BCUT2D eigenvalue weighted by Gasteiger charge is 2.20.